The molecule has 0 saturated carbocycles. The molecule has 0 aliphatic heterocycles. The van der Waals surface area contributed by atoms with Crippen molar-refractivity contribution in [2.24, 2.45) is 0 Å². The summed E-state index contributed by atoms with van der Waals surface area (Å²) in [6.07, 6.45) is 3.21. The third-order valence-corrected chi connectivity index (χ3v) is 4.29. The number of thiophene rings is 1. The molecule has 1 heterocycles. The molecular formula is C19H14FNOS. The molecule has 0 spiro atoms. The largest absolute Gasteiger partial charge is 0.323 e. The van der Waals surface area contributed by atoms with Gasteiger partial charge in [0.1, 0.15) is 5.82 Å². The first-order valence-electron chi connectivity index (χ1n) is 7.11. The smallest absolute Gasteiger partial charge is 0.248 e. The lowest BCUT2D eigenvalue weighted by Gasteiger charge is -2.00. The predicted octanol–water partition coefficient (Wildman–Crippen LogP) is 5.21. The lowest BCUT2D eigenvalue weighted by Crippen LogP contribution is -2.07. The average Bonchev–Trinajstić information content (AvgIpc) is 3.03. The first kappa shape index (κ1) is 15.2. The van der Waals surface area contributed by atoms with E-state index in [0.29, 0.717) is 5.56 Å². The molecule has 1 aromatic heterocycles. The van der Waals surface area contributed by atoms with Crippen LogP contribution in [0.1, 0.15) is 4.88 Å². The van der Waals surface area contributed by atoms with E-state index in [1.54, 1.807) is 24.3 Å². The van der Waals surface area contributed by atoms with E-state index in [0.717, 1.165) is 15.4 Å². The molecule has 0 aliphatic rings. The maximum absolute atomic E-state index is 13.8. The average molecular weight is 323 g/mol. The topological polar surface area (TPSA) is 29.1 Å². The molecule has 2 nitrogen and oxygen atoms in total. The van der Waals surface area contributed by atoms with Crippen molar-refractivity contribution in [1.82, 2.24) is 0 Å². The third kappa shape index (κ3) is 3.93. The molecule has 0 saturated heterocycles. The summed E-state index contributed by atoms with van der Waals surface area (Å²) in [6.45, 7) is 0. The maximum Gasteiger partial charge on any atom is 0.248 e. The van der Waals surface area contributed by atoms with Gasteiger partial charge in [-0.3, -0.25) is 4.79 Å². The van der Waals surface area contributed by atoms with Crippen LogP contribution in [0.5, 0.6) is 0 Å². The second-order valence-corrected chi connectivity index (χ2v) is 5.99. The fourth-order valence-electron chi connectivity index (χ4n) is 2.11. The second-order valence-electron chi connectivity index (χ2n) is 4.87. The maximum atomic E-state index is 13.8. The van der Waals surface area contributed by atoms with Gasteiger partial charge in [0.05, 0.1) is 0 Å². The van der Waals surface area contributed by atoms with Gasteiger partial charge in [0.2, 0.25) is 5.91 Å². The van der Waals surface area contributed by atoms with Crippen LogP contribution >= 0.6 is 11.3 Å². The number of carbonyl (C=O) groups excluding carboxylic acids is 1. The summed E-state index contributed by atoms with van der Waals surface area (Å²) in [5, 5.41) is 2.78. The molecule has 0 atom stereocenters. The Bertz CT molecular complexity index is 839. The summed E-state index contributed by atoms with van der Waals surface area (Å²) < 4.78 is 13.8. The van der Waals surface area contributed by atoms with Gasteiger partial charge in [0.15, 0.2) is 0 Å². The Labute approximate surface area is 137 Å². The first-order chi connectivity index (χ1) is 11.2. The van der Waals surface area contributed by atoms with Crippen LogP contribution in [0.4, 0.5) is 10.1 Å². The van der Waals surface area contributed by atoms with Crippen molar-refractivity contribution in [2.75, 3.05) is 5.32 Å². The molecular weight excluding hydrogens is 309 g/mol. The summed E-state index contributed by atoms with van der Waals surface area (Å²) in [7, 11) is 0. The van der Waals surface area contributed by atoms with E-state index in [-0.39, 0.29) is 11.7 Å². The summed E-state index contributed by atoms with van der Waals surface area (Å²) >= 11 is 1.44. The fourth-order valence-corrected chi connectivity index (χ4v) is 3.05. The number of amides is 1. The Hall–Kier alpha value is -2.72. The Morgan fingerprint density at radius 2 is 1.70 bits per heavy atom. The van der Waals surface area contributed by atoms with Gasteiger partial charge >= 0.3 is 0 Å². The molecule has 3 aromatic rings. The summed E-state index contributed by atoms with van der Waals surface area (Å²) in [5.41, 5.74) is 1.33. The van der Waals surface area contributed by atoms with Crippen LogP contribution in [0.3, 0.4) is 0 Å². The Morgan fingerprint density at radius 1 is 0.957 bits per heavy atom. The number of nitrogens with one attached hydrogen (secondary N) is 1. The van der Waals surface area contributed by atoms with Crippen LogP contribution in [0.15, 0.2) is 72.8 Å². The van der Waals surface area contributed by atoms with E-state index >= 15 is 0 Å². The van der Waals surface area contributed by atoms with Crippen LogP contribution < -0.4 is 5.32 Å². The molecule has 0 bridgehead atoms. The van der Waals surface area contributed by atoms with Crippen LogP contribution in [0.25, 0.3) is 16.5 Å². The Balaban J connectivity index is 1.69. The molecule has 1 N–H and O–H groups in total. The van der Waals surface area contributed by atoms with Gasteiger partial charge in [-0.15, -0.1) is 11.3 Å². The third-order valence-electron chi connectivity index (χ3n) is 3.21. The van der Waals surface area contributed by atoms with E-state index in [1.165, 1.54) is 23.5 Å². The van der Waals surface area contributed by atoms with Crippen molar-refractivity contribution in [3.63, 3.8) is 0 Å². The summed E-state index contributed by atoms with van der Waals surface area (Å²) in [6, 6.07) is 19.7. The molecule has 2 aromatic carbocycles. The zero-order chi connectivity index (χ0) is 16.1. The van der Waals surface area contributed by atoms with E-state index in [2.05, 4.69) is 5.32 Å². The Morgan fingerprint density at radius 3 is 2.48 bits per heavy atom. The fraction of sp³-hybridized carbons (Fsp3) is 0. The zero-order valence-electron chi connectivity index (χ0n) is 12.2. The zero-order valence-corrected chi connectivity index (χ0v) is 13.0. The van der Waals surface area contributed by atoms with Crippen LogP contribution in [0, 0.1) is 5.82 Å². The highest BCUT2D eigenvalue weighted by atomic mass is 32.1. The number of rotatable bonds is 4. The van der Waals surface area contributed by atoms with Gasteiger partial charge in [-0.25, -0.2) is 4.39 Å². The van der Waals surface area contributed by atoms with Gasteiger partial charge in [-0.05, 0) is 36.4 Å². The minimum Gasteiger partial charge on any atom is -0.323 e. The number of halogens is 1. The van der Waals surface area contributed by atoms with Crippen LogP contribution in [-0.4, -0.2) is 5.91 Å². The first-order valence-corrected chi connectivity index (χ1v) is 7.93. The number of anilines is 1. The molecule has 0 radical (unpaired) electrons. The van der Waals surface area contributed by atoms with Gasteiger partial charge < -0.3 is 5.32 Å². The van der Waals surface area contributed by atoms with Crippen molar-refractivity contribution < 1.29 is 9.18 Å². The normalized spacial score (nSPS) is 10.8. The molecule has 3 rings (SSSR count). The molecule has 0 fully saturated rings. The van der Waals surface area contributed by atoms with E-state index < -0.39 is 0 Å². The van der Waals surface area contributed by atoms with E-state index in [9.17, 15) is 9.18 Å². The predicted molar refractivity (Wildman–Crippen MR) is 93.8 cm³/mol. The number of carbonyl (C=O) groups is 1. The van der Waals surface area contributed by atoms with Gasteiger partial charge in [0.25, 0.3) is 0 Å². The number of benzene rings is 2. The highest BCUT2D eigenvalue weighted by molar-refractivity contribution is 7.16. The van der Waals surface area contributed by atoms with Crippen LogP contribution in [0.2, 0.25) is 0 Å². The lowest BCUT2D eigenvalue weighted by molar-refractivity contribution is -0.111. The molecule has 1 amide bonds. The minimum atomic E-state index is -0.244. The van der Waals surface area contributed by atoms with E-state index in [1.807, 2.05) is 42.5 Å². The molecule has 0 aliphatic carbocycles. The van der Waals surface area contributed by atoms with Crippen LogP contribution in [-0.2, 0) is 4.79 Å². The van der Waals surface area contributed by atoms with Crippen molar-refractivity contribution in [3.8, 4) is 10.4 Å². The number of hydrogen-bond acceptors (Lipinski definition) is 2. The second kappa shape index (κ2) is 7.03. The monoisotopic (exact) mass is 323 g/mol. The molecule has 4 heteroatoms. The van der Waals surface area contributed by atoms with Gasteiger partial charge in [0, 0.05) is 27.1 Å². The van der Waals surface area contributed by atoms with E-state index in [4.69, 9.17) is 0 Å². The van der Waals surface area contributed by atoms with Crippen molar-refractivity contribution in [3.05, 3.63) is 83.5 Å². The number of para-hydroxylation sites is 1. The SMILES string of the molecule is O=C(/C=C/c1ccc(-c2ccccc2F)s1)Nc1ccccc1. The lowest BCUT2D eigenvalue weighted by atomic mass is 10.2. The quantitative estimate of drug-likeness (QED) is 0.656. The van der Waals surface area contributed by atoms with Gasteiger partial charge in [-0.2, -0.15) is 0 Å². The minimum absolute atomic E-state index is 0.197. The van der Waals surface area contributed by atoms with Crippen molar-refractivity contribution in [1.29, 1.82) is 0 Å². The summed E-state index contributed by atoms with van der Waals surface area (Å²) in [4.78, 5) is 13.6. The highest BCUT2D eigenvalue weighted by Crippen LogP contribution is 2.30. The van der Waals surface area contributed by atoms with Crippen molar-refractivity contribution >= 4 is 29.0 Å². The summed E-state index contributed by atoms with van der Waals surface area (Å²) in [5.74, 6) is -0.441. The molecule has 0 unspecified atom stereocenters. The Kier molecular flexibility index (Phi) is 4.64. The molecule has 23 heavy (non-hydrogen) atoms. The highest BCUT2D eigenvalue weighted by Gasteiger charge is 2.06. The standard InChI is InChI=1S/C19H14FNOS/c20-17-9-5-4-8-16(17)18-12-10-15(23-18)11-13-19(22)21-14-6-2-1-3-7-14/h1-13H,(H,21,22)/b13-11+. The van der Waals surface area contributed by atoms with Crippen molar-refractivity contribution in [2.45, 2.75) is 0 Å². The molecule has 114 valence electrons. The number of hydrogen-bond donors (Lipinski definition) is 1. The van der Waals surface area contributed by atoms with Gasteiger partial charge in [-0.1, -0.05) is 36.4 Å².